The number of rotatable bonds is 6. The van der Waals surface area contributed by atoms with E-state index in [0.717, 1.165) is 22.1 Å². The predicted octanol–water partition coefficient (Wildman–Crippen LogP) is 4.56. The molecule has 1 aliphatic rings. The summed E-state index contributed by atoms with van der Waals surface area (Å²) in [5.74, 6) is -4.01. The highest BCUT2D eigenvalue weighted by atomic mass is 32.2. The fourth-order valence-corrected chi connectivity index (χ4v) is 6.01. The van der Waals surface area contributed by atoms with Gasteiger partial charge < -0.3 is 10.6 Å². The molecule has 2 aromatic heterocycles. The molecule has 38 heavy (non-hydrogen) atoms. The van der Waals surface area contributed by atoms with Crippen molar-refractivity contribution in [2.45, 2.75) is 38.0 Å². The van der Waals surface area contributed by atoms with Gasteiger partial charge >= 0.3 is 0 Å². The zero-order valence-corrected chi connectivity index (χ0v) is 22.0. The molecule has 0 atom stereocenters. The van der Waals surface area contributed by atoms with E-state index in [1.54, 1.807) is 13.0 Å². The molecule has 0 saturated carbocycles. The van der Waals surface area contributed by atoms with Crippen LogP contribution in [0.1, 0.15) is 45.0 Å². The lowest BCUT2D eigenvalue weighted by Crippen LogP contribution is -2.36. The van der Waals surface area contributed by atoms with Gasteiger partial charge in [-0.2, -0.15) is 0 Å². The third-order valence-corrected chi connectivity index (χ3v) is 8.15. The molecule has 198 valence electrons. The standard InChI is InChI=1S/C27H27F2N5O3S/c1-5-19(12-22-16(2)11-17(3)25(30)33-22)15-34(26(35)20-13-31-18(4)32-14-20)23-8-6-7-21-24(23)38(36,37)10-9-27(21,28)29/h5-8,11-14H,1,9-10,15H2,2-4H3,(H2,30,33)/b19-12+. The molecule has 3 heterocycles. The van der Waals surface area contributed by atoms with E-state index in [0.29, 0.717) is 22.9 Å². The molecule has 0 radical (unpaired) electrons. The Labute approximate surface area is 219 Å². The summed E-state index contributed by atoms with van der Waals surface area (Å²) >= 11 is 0. The van der Waals surface area contributed by atoms with Crippen LogP contribution >= 0.6 is 0 Å². The fraction of sp³-hybridized carbons (Fsp3) is 0.259. The number of carbonyl (C=O) groups is 1. The molecule has 0 fully saturated rings. The topological polar surface area (TPSA) is 119 Å². The second kappa shape index (κ2) is 10.1. The van der Waals surface area contributed by atoms with Crippen molar-refractivity contribution in [3.63, 3.8) is 0 Å². The number of nitrogens with two attached hydrogens (primary N) is 1. The summed E-state index contributed by atoms with van der Waals surface area (Å²) in [6, 6.07) is 5.61. The minimum atomic E-state index is -4.11. The Bertz CT molecular complexity index is 1570. The van der Waals surface area contributed by atoms with E-state index in [1.807, 2.05) is 19.9 Å². The number of pyridine rings is 1. The Balaban J connectivity index is 1.90. The maximum Gasteiger partial charge on any atom is 0.275 e. The molecule has 2 N–H and O–H groups in total. The van der Waals surface area contributed by atoms with Crippen molar-refractivity contribution in [3.05, 3.63) is 88.7 Å². The maximum atomic E-state index is 14.8. The molecule has 11 heteroatoms. The number of fused-ring (bicyclic) bond motifs is 1. The van der Waals surface area contributed by atoms with Crippen molar-refractivity contribution in [3.8, 4) is 0 Å². The molecule has 3 aromatic rings. The number of nitrogen functional groups attached to an aromatic ring is 1. The number of carbonyl (C=O) groups excluding carboxylic acids is 1. The largest absolute Gasteiger partial charge is 0.383 e. The van der Waals surface area contributed by atoms with Crippen LogP contribution in [0.25, 0.3) is 6.08 Å². The number of benzene rings is 1. The molecule has 8 nitrogen and oxygen atoms in total. The summed E-state index contributed by atoms with van der Waals surface area (Å²) in [6.07, 6.45) is 4.94. The summed E-state index contributed by atoms with van der Waals surface area (Å²) in [7, 11) is -4.11. The summed E-state index contributed by atoms with van der Waals surface area (Å²) in [5, 5.41) is 0. The minimum Gasteiger partial charge on any atom is -0.383 e. The number of aryl methyl sites for hydroxylation is 3. The summed E-state index contributed by atoms with van der Waals surface area (Å²) in [5.41, 5.74) is 7.88. The van der Waals surface area contributed by atoms with Crippen LogP contribution in [0, 0.1) is 20.8 Å². The van der Waals surface area contributed by atoms with Crippen LogP contribution in [-0.2, 0) is 15.8 Å². The van der Waals surface area contributed by atoms with E-state index in [-0.39, 0.29) is 17.8 Å². The van der Waals surface area contributed by atoms with Crippen LogP contribution in [-0.4, -0.2) is 41.6 Å². The van der Waals surface area contributed by atoms with Crippen LogP contribution in [0.4, 0.5) is 20.3 Å². The van der Waals surface area contributed by atoms with Gasteiger partial charge in [-0.15, -0.1) is 0 Å². The van der Waals surface area contributed by atoms with Gasteiger partial charge in [-0.25, -0.2) is 32.2 Å². The van der Waals surface area contributed by atoms with Crippen molar-refractivity contribution in [2.75, 3.05) is 22.9 Å². The lowest BCUT2D eigenvalue weighted by Gasteiger charge is -2.31. The summed E-state index contributed by atoms with van der Waals surface area (Å²) < 4.78 is 55.9. The molecule has 1 aromatic carbocycles. The van der Waals surface area contributed by atoms with Gasteiger partial charge in [0.05, 0.1) is 34.1 Å². The fourth-order valence-electron chi connectivity index (χ4n) is 4.23. The van der Waals surface area contributed by atoms with Crippen molar-refractivity contribution in [2.24, 2.45) is 0 Å². The number of nitrogens with zero attached hydrogens (tertiary/aromatic N) is 4. The van der Waals surface area contributed by atoms with Crippen molar-refractivity contribution in [1.82, 2.24) is 15.0 Å². The molecule has 1 amide bonds. The minimum absolute atomic E-state index is 0.0606. The van der Waals surface area contributed by atoms with Gasteiger partial charge in [-0.05, 0) is 49.6 Å². The Hall–Kier alpha value is -3.99. The van der Waals surface area contributed by atoms with Gasteiger partial charge in [0.25, 0.3) is 11.8 Å². The van der Waals surface area contributed by atoms with Crippen molar-refractivity contribution in [1.29, 1.82) is 0 Å². The second-order valence-electron chi connectivity index (χ2n) is 9.15. The maximum absolute atomic E-state index is 14.8. The van der Waals surface area contributed by atoms with E-state index in [1.165, 1.54) is 30.6 Å². The van der Waals surface area contributed by atoms with Crippen LogP contribution in [0.15, 0.2) is 59.8 Å². The highest BCUT2D eigenvalue weighted by molar-refractivity contribution is 7.91. The van der Waals surface area contributed by atoms with Gasteiger partial charge in [0.2, 0.25) is 0 Å². The van der Waals surface area contributed by atoms with Crippen LogP contribution in [0.2, 0.25) is 0 Å². The quantitative estimate of drug-likeness (QED) is 0.456. The molecule has 4 rings (SSSR count). The van der Waals surface area contributed by atoms with Gasteiger partial charge in [0, 0.05) is 24.4 Å². The summed E-state index contributed by atoms with van der Waals surface area (Å²) in [4.78, 5) is 26.8. The first-order chi connectivity index (χ1) is 17.8. The molecule has 0 saturated heterocycles. The van der Waals surface area contributed by atoms with Crippen molar-refractivity contribution >= 4 is 33.3 Å². The average molecular weight is 540 g/mol. The number of amides is 1. The number of hydrogen-bond donors (Lipinski definition) is 1. The lowest BCUT2D eigenvalue weighted by atomic mass is 10.0. The number of anilines is 2. The van der Waals surface area contributed by atoms with Gasteiger partial charge in [-0.1, -0.05) is 30.9 Å². The van der Waals surface area contributed by atoms with Gasteiger partial charge in [-0.3, -0.25) is 4.79 Å². The number of hydrogen-bond acceptors (Lipinski definition) is 7. The van der Waals surface area contributed by atoms with Gasteiger partial charge in [0.1, 0.15) is 11.6 Å². The Morgan fingerprint density at radius 1 is 1.18 bits per heavy atom. The first-order valence-corrected chi connectivity index (χ1v) is 13.4. The van der Waals surface area contributed by atoms with E-state index in [9.17, 15) is 22.0 Å². The Morgan fingerprint density at radius 2 is 1.87 bits per heavy atom. The zero-order valence-electron chi connectivity index (χ0n) is 21.2. The molecular weight excluding hydrogens is 512 g/mol. The predicted molar refractivity (Wildman–Crippen MR) is 142 cm³/mol. The zero-order chi connectivity index (χ0) is 27.8. The number of halogens is 2. The first-order valence-electron chi connectivity index (χ1n) is 11.8. The van der Waals surface area contributed by atoms with Crippen LogP contribution < -0.4 is 10.6 Å². The van der Waals surface area contributed by atoms with E-state index in [2.05, 4.69) is 21.5 Å². The van der Waals surface area contributed by atoms with Crippen LogP contribution in [0.3, 0.4) is 0 Å². The van der Waals surface area contributed by atoms with E-state index in [4.69, 9.17) is 5.73 Å². The van der Waals surface area contributed by atoms with Crippen molar-refractivity contribution < 1.29 is 22.0 Å². The normalized spacial score (nSPS) is 16.0. The first kappa shape index (κ1) is 27.1. The molecular formula is C27H27F2N5O3S. The SMILES string of the molecule is C=C/C(=C\c1nc(N)c(C)cc1C)CN(C(=O)c1cnc(C)nc1)c1cccc2c1S(=O)(=O)CCC2(F)F. The van der Waals surface area contributed by atoms with E-state index >= 15 is 0 Å². The smallest absolute Gasteiger partial charge is 0.275 e. The Kier molecular flexibility index (Phi) is 7.16. The number of aromatic nitrogens is 3. The van der Waals surface area contributed by atoms with Crippen LogP contribution in [0.5, 0.6) is 0 Å². The third-order valence-electron chi connectivity index (χ3n) is 6.35. The lowest BCUT2D eigenvalue weighted by molar-refractivity contribution is -0.0126. The van der Waals surface area contributed by atoms with Gasteiger partial charge in [0.15, 0.2) is 9.84 Å². The number of alkyl halides is 2. The molecule has 1 aliphatic heterocycles. The Morgan fingerprint density at radius 3 is 2.53 bits per heavy atom. The molecule has 0 aliphatic carbocycles. The molecule has 0 unspecified atom stereocenters. The average Bonchev–Trinajstić information content (AvgIpc) is 2.87. The van der Waals surface area contributed by atoms with E-state index < -0.39 is 44.3 Å². The third kappa shape index (κ3) is 5.19. The summed E-state index contributed by atoms with van der Waals surface area (Å²) in [6.45, 7) is 8.96. The second-order valence-corrected chi connectivity index (χ2v) is 11.2. The molecule has 0 bridgehead atoms. The highest BCUT2D eigenvalue weighted by Gasteiger charge is 2.45. The number of sulfone groups is 1. The molecule has 0 spiro atoms. The highest BCUT2D eigenvalue weighted by Crippen LogP contribution is 2.45. The monoisotopic (exact) mass is 539 g/mol.